The van der Waals surface area contributed by atoms with E-state index < -0.39 is 0 Å². The lowest BCUT2D eigenvalue weighted by Gasteiger charge is -2.13. The van der Waals surface area contributed by atoms with Gasteiger partial charge < -0.3 is 15.4 Å². The van der Waals surface area contributed by atoms with Crippen LogP contribution in [0.15, 0.2) is 36.7 Å². The van der Waals surface area contributed by atoms with Crippen molar-refractivity contribution in [1.82, 2.24) is 15.1 Å². The molecule has 0 aliphatic heterocycles. The summed E-state index contributed by atoms with van der Waals surface area (Å²) in [5.74, 6) is 0.792. The van der Waals surface area contributed by atoms with Crippen molar-refractivity contribution in [2.75, 3.05) is 11.9 Å². The SMILES string of the molecule is CCOc1ccccc1NC(=S)NCc1cnn(C)c1. The topological polar surface area (TPSA) is 51.1 Å². The van der Waals surface area contributed by atoms with E-state index in [1.807, 2.05) is 50.6 Å². The number of hydrogen-bond donors (Lipinski definition) is 2. The Labute approximate surface area is 123 Å². The molecule has 1 heterocycles. The van der Waals surface area contributed by atoms with E-state index in [1.54, 1.807) is 4.68 Å². The van der Waals surface area contributed by atoms with Crippen molar-refractivity contribution in [3.63, 3.8) is 0 Å². The molecular formula is C14H18N4OS. The number of aryl methyl sites for hydroxylation is 1. The molecule has 0 bridgehead atoms. The molecule has 2 rings (SSSR count). The van der Waals surface area contributed by atoms with Gasteiger partial charge in [-0.1, -0.05) is 12.1 Å². The Balaban J connectivity index is 1.91. The van der Waals surface area contributed by atoms with E-state index in [4.69, 9.17) is 17.0 Å². The number of nitrogens with one attached hydrogen (secondary N) is 2. The molecule has 0 fully saturated rings. The van der Waals surface area contributed by atoms with Crippen LogP contribution in [0.1, 0.15) is 12.5 Å². The van der Waals surface area contributed by atoms with E-state index in [-0.39, 0.29) is 0 Å². The molecule has 0 aliphatic carbocycles. The molecule has 2 N–H and O–H groups in total. The van der Waals surface area contributed by atoms with Crippen LogP contribution in [-0.2, 0) is 13.6 Å². The Kier molecular flexibility index (Phi) is 4.95. The van der Waals surface area contributed by atoms with E-state index in [2.05, 4.69) is 15.7 Å². The summed E-state index contributed by atoms with van der Waals surface area (Å²) in [6.45, 7) is 3.21. The van der Waals surface area contributed by atoms with Gasteiger partial charge in [-0.15, -0.1) is 0 Å². The Hall–Kier alpha value is -2.08. The van der Waals surface area contributed by atoms with Gasteiger partial charge in [0, 0.05) is 25.4 Å². The summed E-state index contributed by atoms with van der Waals surface area (Å²) in [5, 5.41) is 10.9. The van der Waals surface area contributed by atoms with Crippen molar-refractivity contribution in [3.05, 3.63) is 42.2 Å². The summed E-state index contributed by atoms with van der Waals surface area (Å²) in [6, 6.07) is 7.72. The van der Waals surface area contributed by atoms with Crippen LogP contribution in [0, 0.1) is 0 Å². The van der Waals surface area contributed by atoms with Crippen molar-refractivity contribution < 1.29 is 4.74 Å². The monoisotopic (exact) mass is 290 g/mol. The maximum atomic E-state index is 5.54. The number of hydrogen-bond acceptors (Lipinski definition) is 3. The van der Waals surface area contributed by atoms with E-state index in [9.17, 15) is 0 Å². The second-order valence-corrected chi connectivity index (χ2v) is 4.67. The second-order valence-electron chi connectivity index (χ2n) is 4.26. The molecule has 0 saturated carbocycles. The summed E-state index contributed by atoms with van der Waals surface area (Å²) < 4.78 is 7.30. The van der Waals surface area contributed by atoms with Crippen LogP contribution in [0.2, 0.25) is 0 Å². The molecular weight excluding hydrogens is 272 g/mol. The third-order valence-electron chi connectivity index (χ3n) is 2.65. The summed E-state index contributed by atoms with van der Waals surface area (Å²) in [7, 11) is 1.89. The van der Waals surface area contributed by atoms with E-state index in [0.717, 1.165) is 17.0 Å². The number of rotatable bonds is 5. The first-order valence-corrected chi connectivity index (χ1v) is 6.84. The Morgan fingerprint density at radius 2 is 2.20 bits per heavy atom. The molecule has 0 saturated heterocycles. The van der Waals surface area contributed by atoms with Crippen molar-refractivity contribution in [3.8, 4) is 5.75 Å². The smallest absolute Gasteiger partial charge is 0.171 e. The third-order valence-corrected chi connectivity index (χ3v) is 2.89. The molecule has 1 aromatic heterocycles. The zero-order valence-electron chi connectivity index (χ0n) is 11.6. The molecule has 0 radical (unpaired) electrons. The van der Waals surface area contributed by atoms with Gasteiger partial charge in [-0.3, -0.25) is 4.68 Å². The highest BCUT2D eigenvalue weighted by Gasteiger charge is 2.04. The highest BCUT2D eigenvalue weighted by atomic mass is 32.1. The minimum atomic E-state index is 0.556. The molecule has 5 nitrogen and oxygen atoms in total. The normalized spacial score (nSPS) is 10.1. The van der Waals surface area contributed by atoms with Gasteiger partial charge in [-0.25, -0.2) is 0 Å². The number of anilines is 1. The van der Waals surface area contributed by atoms with Crippen LogP contribution in [0.25, 0.3) is 0 Å². The molecule has 0 unspecified atom stereocenters. The largest absolute Gasteiger partial charge is 0.492 e. The predicted octanol–water partition coefficient (Wildman–Crippen LogP) is 2.31. The summed E-state index contributed by atoms with van der Waals surface area (Å²) in [6.07, 6.45) is 3.76. The molecule has 106 valence electrons. The summed E-state index contributed by atoms with van der Waals surface area (Å²) in [4.78, 5) is 0. The maximum absolute atomic E-state index is 5.54. The highest BCUT2D eigenvalue weighted by molar-refractivity contribution is 7.80. The van der Waals surface area contributed by atoms with Crippen LogP contribution in [0.3, 0.4) is 0 Å². The lowest BCUT2D eigenvalue weighted by molar-refractivity contribution is 0.342. The minimum absolute atomic E-state index is 0.556. The molecule has 20 heavy (non-hydrogen) atoms. The lowest BCUT2D eigenvalue weighted by atomic mass is 10.3. The summed E-state index contributed by atoms with van der Waals surface area (Å²) in [5.41, 5.74) is 1.94. The fraction of sp³-hybridized carbons (Fsp3) is 0.286. The molecule has 0 atom stereocenters. The molecule has 0 amide bonds. The fourth-order valence-corrected chi connectivity index (χ4v) is 1.95. The number of ether oxygens (including phenoxy) is 1. The van der Waals surface area contributed by atoms with E-state index in [1.165, 1.54) is 0 Å². The molecule has 1 aromatic carbocycles. The first kappa shape index (κ1) is 14.3. The van der Waals surface area contributed by atoms with Crippen molar-refractivity contribution in [1.29, 1.82) is 0 Å². The third kappa shape index (κ3) is 3.96. The quantitative estimate of drug-likeness (QED) is 0.828. The van der Waals surface area contributed by atoms with Gasteiger partial charge in [0.15, 0.2) is 5.11 Å². The first-order chi connectivity index (χ1) is 9.69. The number of thiocarbonyl (C=S) groups is 1. The number of aromatic nitrogens is 2. The van der Waals surface area contributed by atoms with Gasteiger partial charge in [0.2, 0.25) is 0 Å². The molecule has 2 aromatic rings. The molecule has 6 heteroatoms. The van der Waals surface area contributed by atoms with E-state index in [0.29, 0.717) is 18.3 Å². The predicted molar refractivity (Wildman–Crippen MR) is 83.9 cm³/mol. The van der Waals surface area contributed by atoms with E-state index >= 15 is 0 Å². The van der Waals surface area contributed by atoms with Crippen molar-refractivity contribution >= 4 is 23.0 Å². The van der Waals surface area contributed by atoms with Crippen LogP contribution < -0.4 is 15.4 Å². The highest BCUT2D eigenvalue weighted by Crippen LogP contribution is 2.23. The molecule has 0 aliphatic rings. The fourth-order valence-electron chi connectivity index (χ4n) is 1.76. The minimum Gasteiger partial charge on any atom is -0.492 e. The number of nitrogens with zero attached hydrogens (tertiary/aromatic N) is 2. The van der Waals surface area contributed by atoms with Crippen molar-refractivity contribution in [2.45, 2.75) is 13.5 Å². The van der Waals surface area contributed by atoms with Crippen LogP contribution >= 0.6 is 12.2 Å². The average Bonchev–Trinajstić information content (AvgIpc) is 2.85. The van der Waals surface area contributed by atoms with Crippen LogP contribution in [-0.4, -0.2) is 21.5 Å². The van der Waals surface area contributed by atoms with Gasteiger partial charge in [-0.05, 0) is 31.3 Å². The van der Waals surface area contributed by atoms with Gasteiger partial charge in [0.25, 0.3) is 0 Å². The Morgan fingerprint density at radius 3 is 2.90 bits per heavy atom. The number of benzene rings is 1. The lowest BCUT2D eigenvalue weighted by Crippen LogP contribution is -2.28. The standard InChI is InChI=1S/C14H18N4OS/c1-3-19-13-7-5-4-6-12(13)17-14(20)15-8-11-9-16-18(2)10-11/h4-7,9-10H,3,8H2,1-2H3,(H2,15,17,20). The number of para-hydroxylation sites is 2. The Morgan fingerprint density at radius 1 is 1.40 bits per heavy atom. The van der Waals surface area contributed by atoms with Gasteiger partial charge >= 0.3 is 0 Å². The van der Waals surface area contributed by atoms with Gasteiger partial charge in [0.05, 0.1) is 18.5 Å². The second kappa shape index (κ2) is 6.91. The average molecular weight is 290 g/mol. The van der Waals surface area contributed by atoms with Crippen LogP contribution in [0.5, 0.6) is 5.75 Å². The van der Waals surface area contributed by atoms with Crippen molar-refractivity contribution in [2.24, 2.45) is 7.05 Å². The van der Waals surface area contributed by atoms with Gasteiger partial charge in [-0.2, -0.15) is 5.10 Å². The zero-order chi connectivity index (χ0) is 14.4. The first-order valence-electron chi connectivity index (χ1n) is 6.43. The van der Waals surface area contributed by atoms with Gasteiger partial charge in [0.1, 0.15) is 5.75 Å². The Bertz CT molecular complexity index is 582. The summed E-state index contributed by atoms with van der Waals surface area (Å²) >= 11 is 5.28. The maximum Gasteiger partial charge on any atom is 0.171 e. The van der Waals surface area contributed by atoms with Crippen LogP contribution in [0.4, 0.5) is 5.69 Å². The zero-order valence-corrected chi connectivity index (χ0v) is 12.4. The molecule has 0 spiro atoms.